The van der Waals surface area contributed by atoms with Crippen molar-refractivity contribution in [1.29, 1.82) is 0 Å². The van der Waals surface area contributed by atoms with E-state index in [-0.39, 0.29) is 5.91 Å². The number of anilines is 1. The third-order valence-corrected chi connectivity index (χ3v) is 4.70. The van der Waals surface area contributed by atoms with Crippen molar-refractivity contribution in [2.45, 2.75) is 13.0 Å². The van der Waals surface area contributed by atoms with Crippen LogP contribution in [0.15, 0.2) is 53.7 Å². The standard InChI is InChI=1S/C19H17Cl2N3O3/c1-10-16(18(25)23-12-4-6-13(27-2)7-5-12)17(24-19(26)22-10)14-8-3-11(20)9-15(14)21/h3-9,17H,1-2H3,(H,23,25)(H2,22,24,26). The maximum atomic E-state index is 12.9. The Morgan fingerprint density at radius 2 is 1.85 bits per heavy atom. The minimum Gasteiger partial charge on any atom is -0.497 e. The molecule has 1 unspecified atom stereocenters. The molecule has 3 rings (SSSR count). The highest BCUT2D eigenvalue weighted by atomic mass is 35.5. The van der Waals surface area contributed by atoms with Crippen LogP contribution in [-0.4, -0.2) is 19.0 Å². The predicted molar refractivity (Wildman–Crippen MR) is 105 cm³/mol. The van der Waals surface area contributed by atoms with Crippen LogP contribution in [0.3, 0.4) is 0 Å². The molecule has 0 aliphatic carbocycles. The summed E-state index contributed by atoms with van der Waals surface area (Å²) in [6, 6.07) is 10.7. The second-order valence-electron chi connectivity index (χ2n) is 5.92. The smallest absolute Gasteiger partial charge is 0.319 e. The van der Waals surface area contributed by atoms with E-state index >= 15 is 0 Å². The third-order valence-electron chi connectivity index (χ3n) is 4.14. The van der Waals surface area contributed by atoms with Gasteiger partial charge in [0.15, 0.2) is 0 Å². The molecule has 0 bridgehead atoms. The highest BCUT2D eigenvalue weighted by molar-refractivity contribution is 6.35. The summed E-state index contributed by atoms with van der Waals surface area (Å²) < 4.78 is 5.11. The summed E-state index contributed by atoms with van der Waals surface area (Å²) in [5, 5.41) is 9.02. The zero-order valence-corrected chi connectivity index (χ0v) is 16.1. The van der Waals surface area contributed by atoms with Gasteiger partial charge in [-0.2, -0.15) is 0 Å². The van der Waals surface area contributed by atoms with Crippen LogP contribution < -0.4 is 20.7 Å². The largest absolute Gasteiger partial charge is 0.497 e. The van der Waals surface area contributed by atoms with Crippen molar-refractivity contribution in [1.82, 2.24) is 10.6 Å². The number of halogens is 2. The molecule has 0 saturated heterocycles. The molecular formula is C19H17Cl2N3O3. The van der Waals surface area contributed by atoms with Crippen LogP contribution in [0.5, 0.6) is 5.75 Å². The first kappa shape index (κ1) is 19.1. The van der Waals surface area contributed by atoms with Crippen LogP contribution in [0, 0.1) is 0 Å². The number of rotatable bonds is 4. The van der Waals surface area contributed by atoms with Gasteiger partial charge in [-0.15, -0.1) is 0 Å². The molecule has 6 nitrogen and oxygen atoms in total. The van der Waals surface area contributed by atoms with E-state index < -0.39 is 12.1 Å². The zero-order valence-electron chi connectivity index (χ0n) is 14.6. The summed E-state index contributed by atoms with van der Waals surface area (Å²) in [7, 11) is 1.57. The van der Waals surface area contributed by atoms with E-state index in [9.17, 15) is 9.59 Å². The highest BCUT2D eigenvalue weighted by Crippen LogP contribution is 2.33. The third kappa shape index (κ3) is 4.18. The first-order valence-electron chi connectivity index (χ1n) is 8.07. The molecule has 1 atom stereocenters. The van der Waals surface area contributed by atoms with Crippen LogP contribution >= 0.6 is 23.2 Å². The quantitative estimate of drug-likeness (QED) is 0.710. The molecule has 3 amide bonds. The fraction of sp³-hybridized carbons (Fsp3) is 0.158. The van der Waals surface area contributed by atoms with Crippen LogP contribution in [0.2, 0.25) is 10.0 Å². The van der Waals surface area contributed by atoms with Gasteiger partial charge < -0.3 is 20.7 Å². The summed E-state index contributed by atoms with van der Waals surface area (Å²) in [5.41, 5.74) is 1.98. The van der Waals surface area contributed by atoms with Gasteiger partial charge in [-0.25, -0.2) is 4.79 Å². The lowest BCUT2D eigenvalue weighted by atomic mass is 9.94. The molecule has 27 heavy (non-hydrogen) atoms. The molecule has 0 spiro atoms. The molecule has 8 heteroatoms. The van der Waals surface area contributed by atoms with Gasteiger partial charge in [0.25, 0.3) is 5.91 Å². The first-order valence-corrected chi connectivity index (χ1v) is 8.83. The second-order valence-corrected chi connectivity index (χ2v) is 6.76. The summed E-state index contributed by atoms with van der Waals surface area (Å²) in [6.07, 6.45) is 0. The van der Waals surface area contributed by atoms with Crippen LogP contribution in [0.1, 0.15) is 18.5 Å². The van der Waals surface area contributed by atoms with Crippen molar-refractivity contribution < 1.29 is 14.3 Å². The number of ether oxygens (including phenoxy) is 1. The normalized spacial score (nSPS) is 16.4. The summed E-state index contributed by atoms with van der Waals surface area (Å²) in [4.78, 5) is 24.9. The van der Waals surface area contributed by atoms with Gasteiger partial charge in [0.05, 0.1) is 18.7 Å². The lowest BCUT2D eigenvalue weighted by Gasteiger charge is -2.29. The van der Waals surface area contributed by atoms with E-state index in [1.54, 1.807) is 56.5 Å². The highest BCUT2D eigenvalue weighted by Gasteiger charge is 2.32. The minimum absolute atomic E-state index is 0.356. The first-order chi connectivity index (χ1) is 12.9. The van der Waals surface area contributed by atoms with Gasteiger partial charge in [-0.3, -0.25) is 4.79 Å². The maximum Gasteiger partial charge on any atom is 0.319 e. The summed E-state index contributed by atoms with van der Waals surface area (Å²) in [5.74, 6) is 0.321. The molecule has 1 heterocycles. The van der Waals surface area contributed by atoms with Crippen molar-refractivity contribution in [3.63, 3.8) is 0 Å². The Morgan fingerprint density at radius 1 is 1.15 bits per heavy atom. The minimum atomic E-state index is -0.707. The number of carbonyl (C=O) groups excluding carboxylic acids is 2. The van der Waals surface area contributed by atoms with Gasteiger partial charge in [0.2, 0.25) is 0 Å². The number of urea groups is 1. The number of benzene rings is 2. The van der Waals surface area contributed by atoms with Gasteiger partial charge >= 0.3 is 6.03 Å². The number of hydrogen-bond donors (Lipinski definition) is 3. The van der Waals surface area contributed by atoms with Crippen LogP contribution in [0.25, 0.3) is 0 Å². The Hall–Kier alpha value is -2.70. The van der Waals surface area contributed by atoms with Crippen LogP contribution in [-0.2, 0) is 4.79 Å². The molecule has 1 aliphatic rings. The molecule has 140 valence electrons. The second kappa shape index (κ2) is 7.90. The van der Waals surface area contributed by atoms with E-state index in [2.05, 4.69) is 16.0 Å². The number of carbonyl (C=O) groups is 2. The number of allylic oxidation sites excluding steroid dienone is 1. The molecule has 1 aliphatic heterocycles. The Bertz CT molecular complexity index is 926. The monoisotopic (exact) mass is 405 g/mol. The van der Waals surface area contributed by atoms with E-state index in [1.807, 2.05) is 0 Å². The van der Waals surface area contributed by atoms with Crippen molar-refractivity contribution in [2.24, 2.45) is 0 Å². The van der Waals surface area contributed by atoms with E-state index in [1.165, 1.54) is 0 Å². The number of amides is 3. The molecular weight excluding hydrogens is 389 g/mol. The van der Waals surface area contributed by atoms with Gasteiger partial charge in [-0.1, -0.05) is 29.3 Å². The van der Waals surface area contributed by atoms with Crippen molar-refractivity contribution in [3.05, 3.63) is 69.3 Å². The fourth-order valence-corrected chi connectivity index (χ4v) is 3.35. The Morgan fingerprint density at radius 3 is 2.48 bits per heavy atom. The molecule has 3 N–H and O–H groups in total. The van der Waals surface area contributed by atoms with Crippen LogP contribution in [0.4, 0.5) is 10.5 Å². The van der Waals surface area contributed by atoms with Gasteiger partial charge in [0.1, 0.15) is 5.75 Å². The Kier molecular flexibility index (Phi) is 5.58. The Balaban J connectivity index is 1.94. The number of nitrogens with one attached hydrogen (secondary N) is 3. The van der Waals surface area contributed by atoms with E-state index in [4.69, 9.17) is 27.9 Å². The molecule has 0 radical (unpaired) electrons. The molecule has 2 aromatic rings. The van der Waals surface area contributed by atoms with Crippen molar-refractivity contribution in [3.8, 4) is 5.75 Å². The fourth-order valence-electron chi connectivity index (χ4n) is 2.84. The molecule has 0 fully saturated rings. The van der Waals surface area contributed by atoms with Crippen molar-refractivity contribution in [2.75, 3.05) is 12.4 Å². The molecule has 2 aromatic carbocycles. The summed E-state index contributed by atoms with van der Waals surface area (Å²) >= 11 is 12.3. The van der Waals surface area contributed by atoms with Gasteiger partial charge in [-0.05, 0) is 48.9 Å². The van der Waals surface area contributed by atoms with E-state index in [0.29, 0.717) is 38.3 Å². The SMILES string of the molecule is COc1ccc(NC(=O)C2=C(C)NC(=O)NC2c2ccc(Cl)cc2Cl)cc1. The topological polar surface area (TPSA) is 79.5 Å². The van der Waals surface area contributed by atoms with E-state index in [0.717, 1.165) is 0 Å². The Labute approximate surface area is 166 Å². The number of hydrogen-bond acceptors (Lipinski definition) is 3. The maximum absolute atomic E-state index is 12.9. The van der Waals surface area contributed by atoms with Gasteiger partial charge in [0, 0.05) is 21.4 Å². The lowest BCUT2D eigenvalue weighted by Crippen LogP contribution is -2.46. The zero-order chi connectivity index (χ0) is 19.6. The molecule has 0 saturated carbocycles. The lowest BCUT2D eigenvalue weighted by molar-refractivity contribution is -0.113. The average molecular weight is 406 g/mol. The predicted octanol–water partition coefficient (Wildman–Crippen LogP) is 4.27. The number of methoxy groups -OCH3 is 1. The van der Waals surface area contributed by atoms with Crippen molar-refractivity contribution >= 4 is 40.8 Å². The molecule has 0 aromatic heterocycles. The summed E-state index contributed by atoms with van der Waals surface area (Å²) in [6.45, 7) is 1.67. The average Bonchev–Trinajstić information content (AvgIpc) is 2.61.